The first-order valence-corrected chi connectivity index (χ1v) is 10.8. The van der Waals surface area contributed by atoms with Crippen LogP contribution in [0.1, 0.15) is 34.3 Å². The number of nitrogens with one attached hydrogen (secondary N) is 1. The summed E-state index contributed by atoms with van der Waals surface area (Å²) < 4.78 is 27.6. The number of carbonyl (C=O) groups is 1. The van der Waals surface area contributed by atoms with Crippen LogP contribution in [0.4, 0.5) is 8.78 Å². The van der Waals surface area contributed by atoms with Gasteiger partial charge in [-0.15, -0.1) is 0 Å². The average molecular weight is 448 g/mol. The smallest absolute Gasteiger partial charge is 0.253 e. The van der Waals surface area contributed by atoms with Crippen LogP contribution in [0.2, 0.25) is 0 Å². The summed E-state index contributed by atoms with van der Waals surface area (Å²) in [6.07, 6.45) is 2.61. The lowest BCUT2D eigenvalue weighted by molar-refractivity contribution is 0.0546. The van der Waals surface area contributed by atoms with Crippen LogP contribution in [0.15, 0.2) is 54.7 Å². The van der Waals surface area contributed by atoms with E-state index in [1.165, 1.54) is 6.07 Å². The van der Waals surface area contributed by atoms with Crippen molar-refractivity contribution in [1.82, 2.24) is 20.1 Å². The highest BCUT2D eigenvalue weighted by Crippen LogP contribution is 2.28. The SMILES string of the molecule is O=C(c1cccc(-c2n[nH]c3ncc(Cc4cc(F)ccc4F)cc23)c1)N1CCC(O)CC1. The summed E-state index contributed by atoms with van der Waals surface area (Å²) in [7, 11) is 0. The van der Waals surface area contributed by atoms with Gasteiger partial charge in [0.15, 0.2) is 5.65 Å². The van der Waals surface area contributed by atoms with Gasteiger partial charge in [0.05, 0.1) is 6.10 Å². The maximum absolute atomic E-state index is 14.1. The predicted octanol–water partition coefficient (Wildman–Crippen LogP) is 4.09. The van der Waals surface area contributed by atoms with Crippen molar-refractivity contribution in [1.29, 1.82) is 0 Å². The zero-order valence-corrected chi connectivity index (χ0v) is 17.8. The van der Waals surface area contributed by atoms with Gasteiger partial charge in [-0.3, -0.25) is 9.89 Å². The maximum atomic E-state index is 14.1. The van der Waals surface area contributed by atoms with Gasteiger partial charge in [0.25, 0.3) is 5.91 Å². The number of hydrogen-bond donors (Lipinski definition) is 2. The second-order valence-corrected chi connectivity index (χ2v) is 8.33. The maximum Gasteiger partial charge on any atom is 0.253 e. The van der Waals surface area contributed by atoms with Crippen LogP contribution in [0.25, 0.3) is 22.3 Å². The van der Waals surface area contributed by atoms with Gasteiger partial charge in [-0.2, -0.15) is 5.10 Å². The van der Waals surface area contributed by atoms with Gasteiger partial charge in [0.2, 0.25) is 0 Å². The number of aliphatic hydroxyl groups is 1. The van der Waals surface area contributed by atoms with E-state index in [0.717, 1.165) is 23.1 Å². The Morgan fingerprint density at radius 3 is 2.76 bits per heavy atom. The van der Waals surface area contributed by atoms with Gasteiger partial charge in [-0.05, 0) is 60.4 Å². The van der Waals surface area contributed by atoms with Gasteiger partial charge < -0.3 is 10.0 Å². The predicted molar refractivity (Wildman–Crippen MR) is 120 cm³/mol. The minimum Gasteiger partial charge on any atom is -0.393 e. The molecule has 1 saturated heterocycles. The van der Waals surface area contributed by atoms with Crippen LogP contribution in [0.3, 0.4) is 0 Å². The highest BCUT2D eigenvalue weighted by Gasteiger charge is 2.23. The first-order valence-electron chi connectivity index (χ1n) is 10.8. The van der Waals surface area contributed by atoms with Crippen molar-refractivity contribution in [2.45, 2.75) is 25.4 Å². The Morgan fingerprint density at radius 2 is 1.94 bits per heavy atom. The second kappa shape index (κ2) is 8.71. The van der Waals surface area contributed by atoms with Crippen LogP contribution in [-0.4, -0.2) is 50.3 Å². The molecule has 2 aromatic carbocycles. The fraction of sp³-hybridized carbons (Fsp3) is 0.240. The number of nitrogens with zero attached hydrogens (tertiary/aromatic N) is 3. The van der Waals surface area contributed by atoms with Crippen LogP contribution in [0.5, 0.6) is 0 Å². The van der Waals surface area contributed by atoms with Gasteiger partial charge in [0.1, 0.15) is 17.3 Å². The molecule has 0 unspecified atom stereocenters. The summed E-state index contributed by atoms with van der Waals surface area (Å²) in [6.45, 7) is 1.05. The third-order valence-corrected chi connectivity index (χ3v) is 6.01. The number of hydrogen-bond acceptors (Lipinski definition) is 4. The summed E-state index contributed by atoms with van der Waals surface area (Å²) >= 11 is 0. The van der Waals surface area contributed by atoms with Crippen molar-refractivity contribution in [3.8, 4) is 11.3 Å². The van der Waals surface area contributed by atoms with Crippen LogP contribution >= 0.6 is 0 Å². The summed E-state index contributed by atoms with van der Waals surface area (Å²) in [4.78, 5) is 19.1. The third-order valence-electron chi connectivity index (χ3n) is 6.01. The first kappa shape index (κ1) is 21.2. The zero-order valence-electron chi connectivity index (χ0n) is 17.8. The molecule has 6 nitrogen and oxygen atoms in total. The number of carbonyl (C=O) groups excluding carboxylic acids is 1. The van der Waals surface area contributed by atoms with Crippen molar-refractivity contribution in [2.24, 2.45) is 0 Å². The number of fused-ring (bicyclic) bond motifs is 1. The molecule has 0 aliphatic carbocycles. The number of H-pyrrole nitrogens is 1. The summed E-state index contributed by atoms with van der Waals surface area (Å²) in [6, 6.07) is 12.5. The number of halogens is 2. The van der Waals surface area contributed by atoms with Crippen molar-refractivity contribution in [2.75, 3.05) is 13.1 Å². The minimum absolute atomic E-state index is 0.0796. The van der Waals surface area contributed by atoms with Crippen molar-refractivity contribution in [3.63, 3.8) is 0 Å². The highest BCUT2D eigenvalue weighted by molar-refractivity contribution is 5.97. The van der Waals surface area contributed by atoms with Crippen LogP contribution in [0, 0.1) is 11.6 Å². The average Bonchev–Trinajstić information content (AvgIpc) is 3.25. The first-order chi connectivity index (χ1) is 16.0. The Kier molecular flexibility index (Phi) is 5.60. The molecule has 1 fully saturated rings. The number of piperidine rings is 1. The van der Waals surface area contributed by atoms with Crippen LogP contribution in [-0.2, 0) is 6.42 Å². The van der Waals surface area contributed by atoms with Crippen molar-refractivity contribution < 1.29 is 18.7 Å². The van der Waals surface area contributed by atoms with E-state index in [4.69, 9.17) is 0 Å². The lowest BCUT2D eigenvalue weighted by Gasteiger charge is -2.29. The van der Waals surface area contributed by atoms with E-state index in [1.807, 2.05) is 12.1 Å². The molecule has 1 aliphatic heterocycles. The summed E-state index contributed by atoms with van der Waals surface area (Å²) in [5.74, 6) is -1.04. The number of likely N-dealkylation sites (tertiary alicyclic amines) is 1. The number of aromatic amines is 1. The molecule has 0 saturated carbocycles. The molecule has 8 heteroatoms. The fourth-order valence-corrected chi connectivity index (χ4v) is 4.21. The van der Waals surface area contributed by atoms with Crippen molar-refractivity contribution >= 4 is 16.9 Å². The molecule has 0 bridgehead atoms. The minimum atomic E-state index is -0.492. The topological polar surface area (TPSA) is 82.1 Å². The third kappa shape index (κ3) is 4.34. The number of aromatic nitrogens is 3. The molecule has 4 aromatic rings. The molecule has 1 aliphatic rings. The van der Waals surface area contributed by atoms with E-state index in [9.17, 15) is 18.7 Å². The van der Waals surface area contributed by atoms with Gasteiger partial charge in [-0.25, -0.2) is 13.8 Å². The van der Waals surface area contributed by atoms with E-state index < -0.39 is 11.6 Å². The molecule has 2 N–H and O–H groups in total. The summed E-state index contributed by atoms with van der Waals surface area (Å²) in [5, 5.41) is 17.7. The molecular weight excluding hydrogens is 426 g/mol. The van der Waals surface area contributed by atoms with Crippen molar-refractivity contribution in [3.05, 3.63) is 83.1 Å². The Bertz CT molecular complexity index is 1330. The number of aliphatic hydroxyl groups excluding tert-OH is 1. The number of benzene rings is 2. The lowest BCUT2D eigenvalue weighted by Crippen LogP contribution is -2.40. The number of pyridine rings is 1. The van der Waals surface area contributed by atoms with E-state index in [-0.39, 0.29) is 24.0 Å². The molecule has 2 aromatic heterocycles. The fourth-order valence-electron chi connectivity index (χ4n) is 4.21. The Balaban J connectivity index is 1.45. The van der Waals surface area contributed by atoms with E-state index in [2.05, 4.69) is 15.2 Å². The molecule has 33 heavy (non-hydrogen) atoms. The Hall–Kier alpha value is -3.65. The number of rotatable bonds is 4. The van der Waals surface area contributed by atoms with E-state index in [0.29, 0.717) is 48.4 Å². The van der Waals surface area contributed by atoms with Gasteiger partial charge >= 0.3 is 0 Å². The molecule has 0 radical (unpaired) electrons. The highest BCUT2D eigenvalue weighted by atomic mass is 19.1. The molecule has 5 rings (SSSR count). The standard InChI is InChI=1S/C25H22F2N4O2/c26-19-4-5-22(27)18(13-19)10-15-11-21-23(29-30-24(21)28-14-15)16-2-1-3-17(12-16)25(33)31-8-6-20(32)7-9-31/h1-5,11-14,20,32H,6-10H2,(H,28,29,30). The molecule has 0 atom stereocenters. The molecule has 3 heterocycles. The van der Waals surface area contributed by atoms with Gasteiger partial charge in [0, 0.05) is 42.2 Å². The zero-order chi connectivity index (χ0) is 22.9. The second-order valence-electron chi connectivity index (χ2n) is 8.33. The Labute approximate surface area is 188 Å². The molecule has 168 valence electrons. The van der Waals surface area contributed by atoms with Crippen LogP contribution < -0.4 is 0 Å². The summed E-state index contributed by atoms with van der Waals surface area (Å²) in [5.41, 5.74) is 3.46. The number of amides is 1. The molecular formula is C25H22F2N4O2. The molecule has 1 amide bonds. The quantitative estimate of drug-likeness (QED) is 0.493. The monoisotopic (exact) mass is 448 g/mol. The largest absolute Gasteiger partial charge is 0.393 e. The lowest BCUT2D eigenvalue weighted by atomic mass is 10.0. The normalized spacial score (nSPS) is 14.7. The molecule has 0 spiro atoms. The van der Waals surface area contributed by atoms with E-state index >= 15 is 0 Å². The van der Waals surface area contributed by atoms with E-state index in [1.54, 1.807) is 29.3 Å². The van der Waals surface area contributed by atoms with Gasteiger partial charge in [-0.1, -0.05) is 12.1 Å². The Morgan fingerprint density at radius 1 is 1.12 bits per heavy atom.